The summed E-state index contributed by atoms with van der Waals surface area (Å²) in [6, 6.07) is 25.4. The van der Waals surface area contributed by atoms with E-state index in [1.165, 1.54) is 4.31 Å². The Kier molecular flexibility index (Phi) is 6.57. The van der Waals surface area contributed by atoms with E-state index >= 15 is 0 Å². The van der Waals surface area contributed by atoms with Crippen molar-refractivity contribution in [1.29, 1.82) is 0 Å². The number of Topliss-reactive ketones (excluding diaryl/α,β-unsaturated/α-hetero) is 1. The van der Waals surface area contributed by atoms with Gasteiger partial charge in [-0.1, -0.05) is 72.6 Å². The van der Waals surface area contributed by atoms with Crippen LogP contribution in [0.4, 0.5) is 5.69 Å². The SMILES string of the molecule is Cc1ccc(S(=O)(=O)N2CCCCC2C(=O)Cc2ccc3c4c(cccc24)C(=O)N3Cc2ccccc2)cc1. The lowest BCUT2D eigenvalue weighted by Crippen LogP contribution is -2.48. The van der Waals surface area contributed by atoms with Gasteiger partial charge in [-0.3, -0.25) is 9.59 Å². The van der Waals surface area contributed by atoms with Gasteiger partial charge in [-0.25, -0.2) is 8.42 Å². The van der Waals surface area contributed by atoms with Crippen LogP contribution in [0.1, 0.15) is 46.3 Å². The number of sulfonamides is 1. The molecule has 39 heavy (non-hydrogen) atoms. The quantitative estimate of drug-likeness (QED) is 0.304. The van der Waals surface area contributed by atoms with Crippen LogP contribution in [0, 0.1) is 6.92 Å². The first-order chi connectivity index (χ1) is 18.8. The number of piperidine rings is 1. The molecule has 1 saturated heterocycles. The summed E-state index contributed by atoms with van der Waals surface area (Å²) in [5, 5.41) is 1.72. The maximum Gasteiger partial charge on any atom is 0.259 e. The third-order valence-electron chi connectivity index (χ3n) is 7.88. The molecule has 0 radical (unpaired) electrons. The Morgan fingerprint density at radius 3 is 2.44 bits per heavy atom. The molecule has 0 spiro atoms. The average molecular weight is 539 g/mol. The lowest BCUT2D eigenvalue weighted by molar-refractivity contribution is -0.122. The molecule has 6 rings (SSSR count). The molecule has 1 fully saturated rings. The fourth-order valence-corrected chi connectivity index (χ4v) is 7.53. The minimum atomic E-state index is -3.79. The van der Waals surface area contributed by atoms with Gasteiger partial charge in [0.1, 0.15) is 0 Å². The van der Waals surface area contributed by atoms with Crippen molar-refractivity contribution in [2.45, 2.75) is 50.1 Å². The molecule has 0 N–H and O–H groups in total. The molecule has 0 aromatic heterocycles. The van der Waals surface area contributed by atoms with Gasteiger partial charge >= 0.3 is 0 Å². The summed E-state index contributed by atoms with van der Waals surface area (Å²) in [6.07, 6.45) is 2.16. The monoisotopic (exact) mass is 538 g/mol. The first-order valence-corrected chi connectivity index (χ1v) is 14.8. The second kappa shape index (κ2) is 10.1. The fraction of sp³-hybridized carbons (Fsp3) is 0.250. The van der Waals surface area contributed by atoms with Crippen molar-refractivity contribution in [2.24, 2.45) is 0 Å². The number of ketones is 1. The zero-order chi connectivity index (χ0) is 27.1. The number of carbonyl (C=O) groups is 2. The Bertz CT molecular complexity index is 1680. The summed E-state index contributed by atoms with van der Waals surface area (Å²) in [5.74, 6) is -0.165. The van der Waals surface area contributed by atoms with Crippen LogP contribution in [0.25, 0.3) is 10.8 Å². The fourth-order valence-electron chi connectivity index (χ4n) is 5.85. The zero-order valence-corrected chi connectivity index (χ0v) is 22.7. The normalized spacial score (nSPS) is 17.6. The Hall–Kier alpha value is -3.81. The Balaban J connectivity index is 1.31. The van der Waals surface area contributed by atoms with E-state index in [1.54, 1.807) is 29.2 Å². The lowest BCUT2D eigenvalue weighted by atomic mass is 9.93. The van der Waals surface area contributed by atoms with Crippen LogP contribution in [-0.2, 0) is 27.8 Å². The maximum absolute atomic E-state index is 13.7. The van der Waals surface area contributed by atoms with Crippen molar-refractivity contribution in [3.63, 3.8) is 0 Å². The lowest BCUT2D eigenvalue weighted by Gasteiger charge is -2.33. The van der Waals surface area contributed by atoms with Crippen molar-refractivity contribution < 1.29 is 18.0 Å². The van der Waals surface area contributed by atoms with Gasteiger partial charge in [0.25, 0.3) is 5.91 Å². The average Bonchev–Trinajstić information content (AvgIpc) is 3.22. The number of aryl methyl sites for hydroxylation is 1. The number of benzene rings is 4. The summed E-state index contributed by atoms with van der Waals surface area (Å²) >= 11 is 0. The predicted octanol–water partition coefficient (Wildman–Crippen LogP) is 5.66. The number of carbonyl (C=O) groups excluding carboxylic acids is 2. The van der Waals surface area contributed by atoms with Gasteiger partial charge in [-0.05, 0) is 60.5 Å². The molecule has 0 bridgehead atoms. The largest absolute Gasteiger partial charge is 0.303 e. The molecule has 0 saturated carbocycles. The second-order valence-electron chi connectivity index (χ2n) is 10.4. The minimum Gasteiger partial charge on any atom is -0.303 e. The molecule has 6 nitrogen and oxygen atoms in total. The van der Waals surface area contributed by atoms with Crippen LogP contribution < -0.4 is 4.90 Å². The molecule has 1 atom stereocenters. The van der Waals surface area contributed by atoms with Gasteiger partial charge < -0.3 is 4.90 Å². The molecular formula is C32H30N2O4S. The van der Waals surface area contributed by atoms with E-state index < -0.39 is 16.1 Å². The minimum absolute atomic E-state index is 0.0504. The molecule has 2 heterocycles. The van der Waals surface area contributed by atoms with E-state index in [2.05, 4.69) is 0 Å². The summed E-state index contributed by atoms with van der Waals surface area (Å²) < 4.78 is 28.5. The van der Waals surface area contributed by atoms with Crippen LogP contribution in [0.5, 0.6) is 0 Å². The smallest absolute Gasteiger partial charge is 0.259 e. The summed E-state index contributed by atoms with van der Waals surface area (Å²) in [6.45, 7) is 2.71. The van der Waals surface area contributed by atoms with Crippen molar-refractivity contribution in [3.8, 4) is 0 Å². The molecule has 2 aliphatic heterocycles. The highest BCUT2D eigenvalue weighted by Gasteiger charge is 2.38. The van der Waals surface area contributed by atoms with Gasteiger partial charge in [0.15, 0.2) is 5.78 Å². The number of hydrogen-bond donors (Lipinski definition) is 0. The summed E-state index contributed by atoms with van der Waals surface area (Å²) in [4.78, 5) is 29.1. The summed E-state index contributed by atoms with van der Waals surface area (Å²) in [5.41, 5.74) is 4.31. The van der Waals surface area contributed by atoms with E-state index in [4.69, 9.17) is 0 Å². The molecule has 2 aliphatic rings. The van der Waals surface area contributed by atoms with Crippen molar-refractivity contribution in [2.75, 3.05) is 11.4 Å². The van der Waals surface area contributed by atoms with Gasteiger partial charge in [0.05, 0.1) is 23.2 Å². The number of nitrogens with zero attached hydrogens (tertiary/aromatic N) is 2. The first kappa shape index (κ1) is 25.5. The molecule has 1 amide bonds. The highest BCUT2D eigenvalue weighted by molar-refractivity contribution is 7.89. The van der Waals surface area contributed by atoms with E-state index in [0.717, 1.165) is 46.0 Å². The van der Waals surface area contributed by atoms with Gasteiger partial charge in [-0.15, -0.1) is 0 Å². The van der Waals surface area contributed by atoms with E-state index in [0.29, 0.717) is 25.1 Å². The zero-order valence-electron chi connectivity index (χ0n) is 21.8. The maximum atomic E-state index is 13.7. The molecule has 4 aromatic rings. The predicted molar refractivity (Wildman–Crippen MR) is 152 cm³/mol. The molecule has 1 unspecified atom stereocenters. The van der Waals surface area contributed by atoms with Crippen LogP contribution in [0.2, 0.25) is 0 Å². The first-order valence-electron chi connectivity index (χ1n) is 13.4. The second-order valence-corrected chi connectivity index (χ2v) is 12.3. The topological polar surface area (TPSA) is 74.8 Å². The van der Waals surface area contributed by atoms with Gasteiger partial charge in [0, 0.05) is 23.9 Å². The van der Waals surface area contributed by atoms with Gasteiger partial charge in [0.2, 0.25) is 10.0 Å². The van der Waals surface area contributed by atoms with Crippen LogP contribution in [0.3, 0.4) is 0 Å². The third-order valence-corrected chi connectivity index (χ3v) is 9.80. The Labute approximate surface area is 228 Å². The number of amides is 1. The van der Waals surface area contributed by atoms with Crippen LogP contribution in [0.15, 0.2) is 89.8 Å². The number of hydrogen-bond acceptors (Lipinski definition) is 4. The summed E-state index contributed by atoms with van der Waals surface area (Å²) in [7, 11) is -3.79. The van der Waals surface area contributed by atoms with Crippen molar-refractivity contribution in [1.82, 2.24) is 4.31 Å². The molecule has 198 valence electrons. The van der Waals surface area contributed by atoms with Gasteiger partial charge in [-0.2, -0.15) is 4.31 Å². The molecule has 4 aromatic carbocycles. The third kappa shape index (κ3) is 4.56. The number of anilines is 1. The molecule has 7 heteroatoms. The van der Waals surface area contributed by atoms with Crippen molar-refractivity contribution >= 4 is 38.2 Å². The van der Waals surface area contributed by atoms with E-state index in [9.17, 15) is 18.0 Å². The Morgan fingerprint density at radius 1 is 0.897 bits per heavy atom. The number of rotatable bonds is 7. The van der Waals surface area contributed by atoms with Crippen LogP contribution in [-0.4, -0.2) is 37.0 Å². The van der Waals surface area contributed by atoms with E-state index in [1.807, 2.05) is 67.6 Å². The highest BCUT2D eigenvalue weighted by atomic mass is 32.2. The standard InChI is InChI=1S/C32H30N2O4S/c1-22-13-16-25(17-14-22)39(37,38)34-19-6-5-12-28(34)30(35)20-24-15-18-29-31-26(24)10-7-11-27(31)32(36)33(29)21-23-8-3-2-4-9-23/h2-4,7-11,13-18,28H,5-6,12,19-21H2,1H3. The van der Waals surface area contributed by atoms with Crippen molar-refractivity contribution in [3.05, 3.63) is 107 Å². The molecular weight excluding hydrogens is 508 g/mol. The highest BCUT2D eigenvalue weighted by Crippen LogP contribution is 2.40. The molecule has 0 aliphatic carbocycles. The Morgan fingerprint density at radius 2 is 1.67 bits per heavy atom. The van der Waals surface area contributed by atoms with E-state index in [-0.39, 0.29) is 23.0 Å². The van der Waals surface area contributed by atoms with Crippen LogP contribution >= 0.6 is 0 Å².